The van der Waals surface area contributed by atoms with Crippen LogP contribution in [-0.2, 0) is 17.9 Å². The second-order valence-corrected chi connectivity index (χ2v) is 9.49. The number of ether oxygens (including phenoxy) is 2. The number of aromatic nitrogens is 3. The Balaban J connectivity index is 1.62. The van der Waals surface area contributed by atoms with E-state index in [0.717, 1.165) is 14.5 Å². The van der Waals surface area contributed by atoms with Crippen LogP contribution in [0.5, 0.6) is 11.5 Å². The van der Waals surface area contributed by atoms with Gasteiger partial charge in [-0.25, -0.2) is 0 Å². The monoisotopic (exact) mass is 582 g/mol. The smallest absolute Gasteiger partial charge is 0.234 e. The predicted molar refractivity (Wildman–Crippen MR) is 134 cm³/mol. The summed E-state index contributed by atoms with van der Waals surface area (Å²) in [6, 6.07) is 11.4. The van der Waals surface area contributed by atoms with Crippen LogP contribution >= 0.6 is 43.6 Å². The molecule has 7 nitrogen and oxygen atoms in total. The van der Waals surface area contributed by atoms with Crippen molar-refractivity contribution in [3.63, 3.8) is 0 Å². The maximum atomic E-state index is 12.4. The molecule has 3 rings (SSSR count). The number of thioether (sulfide) groups is 1. The van der Waals surface area contributed by atoms with E-state index < -0.39 is 0 Å². The van der Waals surface area contributed by atoms with Crippen LogP contribution < -0.4 is 14.8 Å². The van der Waals surface area contributed by atoms with Gasteiger partial charge in [-0.15, -0.1) is 10.2 Å². The number of benzene rings is 2. The van der Waals surface area contributed by atoms with E-state index in [1.165, 1.54) is 11.8 Å². The molecule has 0 bridgehead atoms. The zero-order valence-corrected chi connectivity index (χ0v) is 22.0. The summed E-state index contributed by atoms with van der Waals surface area (Å²) in [5.74, 6) is 2.15. The highest BCUT2D eigenvalue weighted by Crippen LogP contribution is 2.30. The van der Waals surface area contributed by atoms with E-state index in [0.29, 0.717) is 41.3 Å². The first-order valence-corrected chi connectivity index (χ1v) is 12.6. The first-order chi connectivity index (χ1) is 15.4. The molecule has 3 aromatic rings. The number of nitrogens with one attached hydrogen (secondary N) is 1. The van der Waals surface area contributed by atoms with Crippen molar-refractivity contribution in [3.8, 4) is 11.5 Å². The van der Waals surface area contributed by atoms with Crippen LogP contribution in [0, 0.1) is 6.92 Å². The third-order valence-electron chi connectivity index (χ3n) is 4.40. The largest absolute Gasteiger partial charge is 0.490 e. The standard InChI is InChI=1S/C22H24Br2N4O3S/c1-4-28-20(12-31-18-9-6-14(3)10-19(18)30-5-2)26-27-22(28)32-13-21(29)25-17-11-15(23)7-8-16(17)24/h6-11H,4-5,12-13H2,1-3H3,(H,25,29). The molecular weight excluding hydrogens is 560 g/mol. The van der Waals surface area contributed by atoms with Crippen molar-refractivity contribution < 1.29 is 14.3 Å². The molecule has 10 heteroatoms. The Kier molecular flexibility index (Phi) is 9.01. The maximum Gasteiger partial charge on any atom is 0.234 e. The Morgan fingerprint density at radius 2 is 1.91 bits per heavy atom. The Labute approximate surface area is 208 Å². The van der Waals surface area contributed by atoms with E-state index in [1.807, 2.05) is 61.7 Å². The van der Waals surface area contributed by atoms with E-state index in [9.17, 15) is 4.79 Å². The van der Waals surface area contributed by atoms with Crippen LogP contribution in [0.25, 0.3) is 0 Å². The number of carbonyl (C=O) groups is 1. The minimum absolute atomic E-state index is 0.127. The highest BCUT2D eigenvalue weighted by atomic mass is 79.9. The van der Waals surface area contributed by atoms with Gasteiger partial charge in [0.05, 0.1) is 18.0 Å². The number of nitrogens with zero attached hydrogens (tertiary/aromatic N) is 3. The van der Waals surface area contributed by atoms with E-state index in [4.69, 9.17) is 9.47 Å². The number of anilines is 1. The van der Waals surface area contributed by atoms with Gasteiger partial charge in [-0.1, -0.05) is 33.8 Å². The van der Waals surface area contributed by atoms with Crippen molar-refractivity contribution in [1.29, 1.82) is 0 Å². The zero-order chi connectivity index (χ0) is 23.1. The van der Waals surface area contributed by atoms with Crippen molar-refractivity contribution in [2.45, 2.75) is 39.1 Å². The minimum atomic E-state index is -0.127. The summed E-state index contributed by atoms with van der Waals surface area (Å²) in [4.78, 5) is 12.4. The molecule has 2 aromatic carbocycles. The molecule has 1 N–H and O–H groups in total. The lowest BCUT2D eigenvalue weighted by molar-refractivity contribution is -0.113. The van der Waals surface area contributed by atoms with E-state index in [2.05, 4.69) is 47.4 Å². The van der Waals surface area contributed by atoms with Crippen molar-refractivity contribution in [1.82, 2.24) is 14.8 Å². The van der Waals surface area contributed by atoms with Gasteiger partial charge in [0.1, 0.15) is 6.61 Å². The van der Waals surface area contributed by atoms with Gasteiger partial charge >= 0.3 is 0 Å². The third kappa shape index (κ3) is 6.49. The van der Waals surface area contributed by atoms with Crippen LogP contribution in [-0.4, -0.2) is 33.0 Å². The molecule has 32 heavy (non-hydrogen) atoms. The predicted octanol–water partition coefficient (Wildman–Crippen LogP) is 5.84. The first kappa shape index (κ1) is 24.6. The molecular formula is C22H24Br2N4O3S. The van der Waals surface area contributed by atoms with Crippen molar-refractivity contribution in [3.05, 3.63) is 56.7 Å². The molecule has 0 aliphatic carbocycles. The molecule has 0 radical (unpaired) electrons. The summed E-state index contributed by atoms with van der Waals surface area (Å²) in [5, 5.41) is 12.1. The van der Waals surface area contributed by atoms with Crippen LogP contribution in [0.1, 0.15) is 25.2 Å². The Morgan fingerprint density at radius 3 is 2.66 bits per heavy atom. The van der Waals surface area contributed by atoms with Gasteiger partial charge in [-0.2, -0.15) is 0 Å². The highest BCUT2D eigenvalue weighted by molar-refractivity contribution is 9.11. The summed E-state index contributed by atoms with van der Waals surface area (Å²) in [7, 11) is 0. The second-order valence-electron chi connectivity index (χ2n) is 6.78. The molecule has 1 heterocycles. The molecule has 0 aliphatic heterocycles. The summed E-state index contributed by atoms with van der Waals surface area (Å²) in [6.07, 6.45) is 0. The Morgan fingerprint density at radius 1 is 1.09 bits per heavy atom. The van der Waals surface area contributed by atoms with Gasteiger partial charge in [0, 0.05) is 15.5 Å². The average Bonchev–Trinajstić information content (AvgIpc) is 3.16. The van der Waals surface area contributed by atoms with Gasteiger partial charge in [0.25, 0.3) is 0 Å². The van der Waals surface area contributed by atoms with Crippen molar-refractivity contribution >= 4 is 55.2 Å². The number of hydrogen-bond donors (Lipinski definition) is 1. The second kappa shape index (κ2) is 11.7. The van der Waals surface area contributed by atoms with Crippen molar-refractivity contribution in [2.24, 2.45) is 0 Å². The topological polar surface area (TPSA) is 78.3 Å². The number of carbonyl (C=O) groups excluding carboxylic acids is 1. The number of halogens is 2. The van der Waals surface area contributed by atoms with Crippen LogP contribution in [0.4, 0.5) is 5.69 Å². The first-order valence-electron chi connectivity index (χ1n) is 10.1. The quantitative estimate of drug-likeness (QED) is 0.302. The zero-order valence-electron chi connectivity index (χ0n) is 18.0. The number of aryl methyl sites for hydroxylation is 1. The molecule has 0 saturated heterocycles. The number of amides is 1. The Hall–Kier alpha value is -2.04. The molecule has 0 saturated carbocycles. The number of hydrogen-bond acceptors (Lipinski definition) is 6. The van der Waals surface area contributed by atoms with Gasteiger partial charge in [0.15, 0.2) is 22.5 Å². The molecule has 0 atom stereocenters. The summed E-state index contributed by atoms with van der Waals surface area (Å²) >= 11 is 8.19. The van der Waals surface area contributed by atoms with Gasteiger partial charge in [0.2, 0.25) is 5.91 Å². The third-order valence-corrected chi connectivity index (χ3v) is 6.55. The lowest BCUT2D eigenvalue weighted by Crippen LogP contribution is -2.15. The van der Waals surface area contributed by atoms with Crippen LogP contribution in [0.2, 0.25) is 0 Å². The summed E-state index contributed by atoms with van der Waals surface area (Å²) in [6.45, 7) is 7.43. The minimum Gasteiger partial charge on any atom is -0.490 e. The molecule has 1 aromatic heterocycles. The number of rotatable bonds is 10. The van der Waals surface area contributed by atoms with Gasteiger partial charge in [-0.3, -0.25) is 4.79 Å². The molecule has 0 fully saturated rings. The molecule has 0 aliphatic rings. The van der Waals surface area contributed by atoms with Crippen LogP contribution in [0.15, 0.2) is 50.5 Å². The molecule has 1 amide bonds. The molecule has 170 valence electrons. The lowest BCUT2D eigenvalue weighted by atomic mass is 10.2. The highest BCUT2D eigenvalue weighted by Gasteiger charge is 2.15. The average molecular weight is 584 g/mol. The van der Waals surface area contributed by atoms with Gasteiger partial charge < -0.3 is 19.4 Å². The molecule has 0 spiro atoms. The SMILES string of the molecule is CCOc1cc(C)ccc1OCc1nnc(SCC(=O)Nc2cc(Br)ccc2Br)n1CC. The maximum absolute atomic E-state index is 12.4. The van der Waals surface area contributed by atoms with Gasteiger partial charge in [-0.05, 0) is 72.6 Å². The molecule has 0 unspecified atom stereocenters. The lowest BCUT2D eigenvalue weighted by Gasteiger charge is -2.13. The van der Waals surface area contributed by atoms with Crippen molar-refractivity contribution in [2.75, 3.05) is 17.7 Å². The van der Waals surface area contributed by atoms with Crippen LogP contribution in [0.3, 0.4) is 0 Å². The summed E-state index contributed by atoms with van der Waals surface area (Å²) in [5.41, 5.74) is 1.81. The van der Waals surface area contributed by atoms with E-state index in [-0.39, 0.29) is 18.3 Å². The summed E-state index contributed by atoms with van der Waals surface area (Å²) < 4.78 is 15.3. The van der Waals surface area contributed by atoms with E-state index in [1.54, 1.807) is 0 Å². The fourth-order valence-electron chi connectivity index (χ4n) is 2.91. The van der Waals surface area contributed by atoms with E-state index >= 15 is 0 Å². The fraction of sp³-hybridized carbons (Fsp3) is 0.318. The Bertz CT molecular complexity index is 1090. The fourth-order valence-corrected chi connectivity index (χ4v) is 4.43. The normalized spacial score (nSPS) is 10.8.